The van der Waals surface area contributed by atoms with Crippen molar-refractivity contribution < 1.29 is 19.1 Å². The monoisotopic (exact) mass is 426 g/mol. The standard InChI is InChI=1S/C21H26N6O4/c1-2-31-20(29)12-18(16-4-3-10-23-14-16)27-19(28)9-11-24-21(30)26-17-7-5-15(6-8-17)13-25-22/h3-8,10,13-14,18H,2,9,11-12,22H2,1H3,(H,27,28)(H2,24,26,30). The summed E-state index contributed by atoms with van der Waals surface area (Å²) in [6.45, 7) is 2.10. The largest absolute Gasteiger partial charge is 0.466 e. The number of carbonyl (C=O) groups excluding carboxylic acids is 3. The fourth-order valence-electron chi connectivity index (χ4n) is 2.69. The van der Waals surface area contributed by atoms with E-state index in [0.29, 0.717) is 11.3 Å². The van der Waals surface area contributed by atoms with Crippen LogP contribution in [0.2, 0.25) is 0 Å². The lowest BCUT2D eigenvalue weighted by Crippen LogP contribution is -2.35. The average molecular weight is 426 g/mol. The highest BCUT2D eigenvalue weighted by Crippen LogP contribution is 2.16. The van der Waals surface area contributed by atoms with E-state index in [0.717, 1.165) is 5.56 Å². The third-order valence-electron chi connectivity index (χ3n) is 4.13. The Morgan fingerprint density at radius 2 is 2.00 bits per heavy atom. The summed E-state index contributed by atoms with van der Waals surface area (Å²) in [7, 11) is 0. The first kappa shape index (κ1) is 23.3. The Labute approximate surface area is 180 Å². The Balaban J connectivity index is 1.81. The maximum Gasteiger partial charge on any atom is 0.319 e. The average Bonchev–Trinajstić information content (AvgIpc) is 2.75. The molecule has 0 spiro atoms. The van der Waals surface area contributed by atoms with Gasteiger partial charge in [0.2, 0.25) is 5.91 Å². The van der Waals surface area contributed by atoms with Gasteiger partial charge in [0, 0.05) is 31.0 Å². The molecule has 0 aliphatic carbocycles. The van der Waals surface area contributed by atoms with Crippen molar-refractivity contribution in [3.05, 3.63) is 59.9 Å². The number of aromatic nitrogens is 1. The fourth-order valence-corrected chi connectivity index (χ4v) is 2.69. The molecule has 1 aromatic carbocycles. The summed E-state index contributed by atoms with van der Waals surface area (Å²) < 4.78 is 4.98. The number of urea groups is 1. The van der Waals surface area contributed by atoms with Gasteiger partial charge in [0.1, 0.15) is 0 Å². The summed E-state index contributed by atoms with van der Waals surface area (Å²) >= 11 is 0. The molecule has 164 valence electrons. The van der Waals surface area contributed by atoms with Gasteiger partial charge in [0.05, 0.1) is 25.3 Å². The second-order valence-corrected chi connectivity index (χ2v) is 6.45. The van der Waals surface area contributed by atoms with Crippen LogP contribution in [0.4, 0.5) is 10.5 Å². The number of hydrazone groups is 1. The van der Waals surface area contributed by atoms with E-state index < -0.39 is 18.0 Å². The summed E-state index contributed by atoms with van der Waals surface area (Å²) in [5.41, 5.74) is 2.08. The molecule has 10 nitrogen and oxygen atoms in total. The number of nitrogens with two attached hydrogens (primary N) is 1. The summed E-state index contributed by atoms with van der Waals surface area (Å²) in [6.07, 6.45) is 4.71. The highest BCUT2D eigenvalue weighted by molar-refractivity contribution is 5.90. The number of hydrogen-bond donors (Lipinski definition) is 4. The Bertz CT molecular complexity index is 887. The molecule has 0 aliphatic rings. The van der Waals surface area contributed by atoms with Crippen molar-refractivity contribution in [2.24, 2.45) is 10.9 Å². The first-order valence-corrected chi connectivity index (χ1v) is 9.75. The van der Waals surface area contributed by atoms with Crippen LogP contribution >= 0.6 is 0 Å². The SMILES string of the molecule is CCOC(=O)CC(NC(=O)CCNC(=O)Nc1ccc(C=NN)cc1)c1cccnc1. The minimum atomic E-state index is -0.565. The van der Waals surface area contributed by atoms with Crippen LogP contribution in [0.25, 0.3) is 0 Å². The highest BCUT2D eigenvalue weighted by Gasteiger charge is 2.19. The molecule has 2 rings (SSSR count). The fraction of sp³-hybridized carbons (Fsp3) is 0.286. The van der Waals surface area contributed by atoms with Gasteiger partial charge in [-0.1, -0.05) is 18.2 Å². The topological polar surface area (TPSA) is 148 Å². The third kappa shape index (κ3) is 8.52. The van der Waals surface area contributed by atoms with Gasteiger partial charge in [-0.05, 0) is 36.2 Å². The number of benzene rings is 1. The lowest BCUT2D eigenvalue weighted by Gasteiger charge is -2.18. The van der Waals surface area contributed by atoms with Gasteiger partial charge in [-0.2, -0.15) is 5.10 Å². The highest BCUT2D eigenvalue weighted by atomic mass is 16.5. The van der Waals surface area contributed by atoms with Crippen molar-refractivity contribution in [2.75, 3.05) is 18.5 Å². The maximum absolute atomic E-state index is 12.3. The second-order valence-electron chi connectivity index (χ2n) is 6.45. The van der Waals surface area contributed by atoms with Crippen LogP contribution in [0.3, 0.4) is 0 Å². The molecule has 10 heteroatoms. The summed E-state index contributed by atoms with van der Waals surface area (Å²) in [4.78, 5) is 40.2. The van der Waals surface area contributed by atoms with Gasteiger partial charge in [0.25, 0.3) is 0 Å². The van der Waals surface area contributed by atoms with Crippen molar-refractivity contribution >= 4 is 29.8 Å². The predicted octanol–water partition coefficient (Wildman–Crippen LogP) is 1.70. The van der Waals surface area contributed by atoms with E-state index in [9.17, 15) is 14.4 Å². The van der Waals surface area contributed by atoms with Crippen molar-refractivity contribution in [2.45, 2.75) is 25.8 Å². The van der Waals surface area contributed by atoms with Crippen LogP contribution in [0.1, 0.15) is 36.9 Å². The lowest BCUT2D eigenvalue weighted by atomic mass is 10.1. The second kappa shape index (κ2) is 12.6. The van der Waals surface area contributed by atoms with Crippen molar-refractivity contribution in [1.29, 1.82) is 0 Å². The van der Waals surface area contributed by atoms with Gasteiger partial charge < -0.3 is 26.5 Å². The van der Waals surface area contributed by atoms with Gasteiger partial charge >= 0.3 is 12.0 Å². The Hall–Kier alpha value is -3.95. The summed E-state index contributed by atoms with van der Waals surface area (Å²) in [5, 5.41) is 11.5. The molecule has 1 unspecified atom stereocenters. The number of hydrogen-bond acceptors (Lipinski definition) is 7. The number of carbonyl (C=O) groups is 3. The zero-order valence-corrected chi connectivity index (χ0v) is 17.2. The molecule has 0 bridgehead atoms. The molecular formula is C21H26N6O4. The number of rotatable bonds is 10. The molecule has 1 heterocycles. The number of anilines is 1. The number of nitrogens with one attached hydrogen (secondary N) is 3. The quantitative estimate of drug-likeness (QED) is 0.197. The van der Waals surface area contributed by atoms with Crippen LogP contribution in [0, 0.1) is 0 Å². The van der Waals surface area contributed by atoms with Crippen molar-refractivity contribution in [1.82, 2.24) is 15.6 Å². The molecule has 0 radical (unpaired) electrons. The first-order valence-electron chi connectivity index (χ1n) is 9.75. The van der Waals surface area contributed by atoms with E-state index in [4.69, 9.17) is 10.6 Å². The van der Waals surface area contributed by atoms with Gasteiger partial charge in [-0.25, -0.2) is 4.79 Å². The van der Waals surface area contributed by atoms with Crippen LogP contribution in [-0.4, -0.2) is 42.3 Å². The van der Waals surface area contributed by atoms with Gasteiger partial charge in [-0.3, -0.25) is 14.6 Å². The van der Waals surface area contributed by atoms with Gasteiger partial charge in [0.15, 0.2) is 0 Å². The first-order chi connectivity index (χ1) is 15.0. The normalized spacial score (nSPS) is 11.5. The Morgan fingerprint density at radius 1 is 1.23 bits per heavy atom. The zero-order chi connectivity index (χ0) is 22.5. The van der Waals surface area contributed by atoms with Crippen molar-refractivity contribution in [3.63, 3.8) is 0 Å². The maximum atomic E-state index is 12.3. The number of esters is 1. The van der Waals surface area contributed by atoms with Crippen LogP contribution in [0.5, 0.6) is 0 Å². The molecule has 0 aliphatic heterocycles. The summed E-state index contributed by atoms with van der Waals surface area (Å²) in [6, 6.07) is 9.40. The van der Waals surface area contributed by atoms with E-state index in [1.54, 1.807) is 55.7 Å². The van der Waals surface area contributed by atoms with E-state index in [-0.39, 0.29) is 31.9 Å². The minimum absolute atomic E-state index is 0.00987. The Kier molecular flexibility index (Phi) is 9.47. The Morgan fingerprint density at radius 3 is 2.65 bits per heavy atom. The van der Waals surface area contributed by atoms with Crippen LogP contribution < -0.4 is 21.8 Å². The third-order valence-corrected chi connectivity index (χ3v) is 4.13. The van der Waals surface area contributed by atoms with E-state index >= 15 is 0 Å². The number of amides is 3. The smallest absolute Gasteiger partial charge is 0.319 e. The molecule has 2 aromatic rings. The molecule has 0 saturated heterocycles. The predicted molar refractivity (Wildman–Crippen MR) is 116 cm³/mol. The number of ether oxygens (including phenoxy) is 1. The zero-order valence-electron chi connectivity index (χ0n) is 17.2. The van der Waals surface area contributed by atoms with E-state index in [2.05, 4.69) is 26.0 Å². The molecule has 0 saturated carbocycles. The molecule has 0 fully saturated rings. The van der Waals surface area contributed by atoms with Crippen LogP contribution in [-0.2, 0) is 14.3 Å². The number of nitrogens with zero attached hydrogens (tertiary/aromatic N) is 2. The molecular weight excluding hydrogens is 400 g/mol. The van der Waals surface area contributed by atoms with E-state index in [1.165, 1.54) is 6.21 Å². The minimum Gasteiger partial charge on any atom is -0.466 e. The summed E-state index contributed by atoms with van der Waals surface area (Å²) in [5.74, 6) is 4.36. The lowest BCUT2D eigenvalue weighted by molar-refractivity contribution is -0.143. The molecule has 3 amide bonds. The molecule has 1 aromatic heterocycles. The van der Waals surface area contributed by atoms with Crippen LogP contribution in [0.15, 0.2) is 53.9 Å². The molecule has 31 heavy (non-hydrogen) atoms. The van der Waals surface area contributed by atoms with Crippen molar-refractivity contribution in [3.8, 4) is 0 Å². The van der Waals surface area contributed by atoms with E-state index in [1.807, 2.05) is 0 Å². The molecule has 1 atom stereocenters. The number of pyridine rings is 1. The molecule has 5 N–H and O–H groups in total. The van der Waals surface area contributed by atoms with Gasteiger partial charge in [-0.15, -0.1) is 0 Å².